The molecule has 2 rings (SSSR count). The van der Waals surface area contributed by atoms with Crippen molar-refractivity contribution in [2.45, 2.75) is 52.2 Å². The predicted octanol–water partition coefficient (Wildman–Crippen LogP) is 2.97. The van der Waals surface area contributed by atoms with E-state index in [1.807, 2.05) is 0 Å². The highest BCUT2D eigenvalue weighted by Gasteiger charge is 2.47. The smallest absolute Gasteiger partial charge is 0.168 e. The van der Waals surface area contributed by atoms with Gasteiger partial charge < -0.3 is 9.47 Å². The average Bonchev–Trinajstić information content (AvgIpc) is 2.59. The molecule has 2 heteroatoms. The second kappa shape index (κ2) is 3.49. The molecule has 1 aliphatic heterocycles. The summed E-state index contributed by atoms with van der Waals surface area (Å²) in [6, 6.07) is 0. The lowest BCUT2D eigenvalue weighted by molar-refractivity contribution is -0.204. The standard InChI is InChI=1S/C12H22O2/c1-4-10-9-12(13-7-8-14-12)6-5-11(10,2)3/h10H,4-9H2,1-3H3. The molecule has 2 fully saturated rings. The number of hydrogen-bond acceptors (Lipinski definition) is 2. The summed E-state index contributed by atoms with van der Waals surface area (Å²) in [6.07, 6.45) is 4.64. The lowest BCUT2D eigenvalue weighted by Crippen LogP contribution is -2.43. The van der Waals surface area contributed by atoms with E-state index in [2.05, 4.69) is 20.8 Å². The molecule has 2 aliphatic rings. The minimum Gasteiger partial charge on any atom is -0.348 e. The van der Waals surface area contributed by atoms with Crippen LogP contribution in [0.25, 0.3) is 0 Å². The third-order valence-electron chi connectivity index (χ3n) is 4.12. The summed E-state index contributed by atoms with van der Waals surface area (Å²) >= 11 is 0. The van der Waals surface area contributed by atoms with Crippen molar-refractivity contribution in [2.24, 2.45) is 11.3 Å². The highest BCUT2D eigenvalue weighted by molar-refractivity contribution is 4.91. The zero-order valence-electron chi connectivity index (χ0n) is 9.64. The Labute approximate surface area is 87.0 Å². The minimum absolute atomic E-state index is 0.198. The fourth-order valence-corrected chi connectivity index (χ4v) is 2.93. The van der Waals surface area contributed by atoms with Gasteiger partial charge in [0.05, 0.1) is 13.2 Å². The predicted molar refractivity (Wildman–Crippen MR) is 56.0 cm³/mol. The molecule has 0 aromatic rings. The highest BCUT2D eigenvalue weighted by Crippen LogP contribution is 2.49. The van der Waals surface area contributed by atoms with Gasteiger partial charge in [-0.1, -0.05) is 27.2 Å². The molecule has 0 radical (unpaired) electrons. The zero-order chi connectivity index (χ0) is 10.2. The first-order valence-electron chi connectivity index (χ1n) is 5.86. The molecule has 1 heterocycles. The second-order valence-electron chi connectivity index (χ2n) is 5.41. The van der Waals surface area contributed by atoms with Crippen molar-refractivity contribution in [3.63, 3.8) is 0 Å². The summed E-state index contributed by atoms with van der Waals surface area (Å²) in [5, 5.41) is 0. The largest absolute Gasteiger partial charge is 0.348 e. The maximum Gasteiger partial charge on any atom is 0.168 e. The van der Waals surface area contributed by atoms with Gasteiger partial charge in [0.2, 0.25) is 0 Å². The lowest BCUT2D eigenvalue weighted by atomic mass is 9.66. The van der Waals surface area contributed by atoms with Crippen molar-refractivity contribution in [3.05, 3.63) is 0 Å². The fourth-order valence-electron chi connectivity index (χ4n) is 2.93. The molecule has 14 heavy (non-hydrogen) atoms. The van der Waals surface area contributed by atoms with E-state index < -0.39 is 0 Å². The topological polar surface area (TPSA) is 18.5 Å². The van der Waals surface area contributed by atoms with Crippen LogP contribution in [0.5, 0.6) is 0 Å². The Bertz CT molecular complexity index is 204. The summed E-state index contributed by atoms with van der Waals surface area (Å²) in [5.41, 5.74) is 0.468. The van der Waals surface area contributed by atoms with Gasteiger partial charge in [0.1, 0.15) is 0 Å². The summed E-state index contributed by atoms with van der Waals surface area (Å²) < 4.78 is 11.6. The molecule has 0 amide bonds. The van der Waals surface area contributed by atoms with E-state index in [4.69, 9.17) is 9.47 Å². The summed E-state index contributed by atoms with van der Waals surface area (Å²) in [6.45, 7) is 8.61. The van der Waals surface area contributed by atoms with Gasteiger partial charge in [0.15, 0.2) is 5.79 Å². The molecule has 1 unspecified atom stereocenters. The van der Waals surface area contributed by atoms with Gasteiger partial charge in [-0.15, -0.1) is 0 Å². The molecular weight excluding hydrogens is 176 g/mol. The van der Waals surface area contributed by atoms with Crippen LogP contribution in [-0.2, 0) is 9.47 Å². The summed E-state index contributed by atoms with van der Waals surface area (Å²) in [4.78, 5) is 0. The molecule has 1 saturated carbocycles. The van der Waals surface area contributed by atoms with Crippen molar-refractivity contribution < 1.29 is 9.47 Å². The molecule has 0 bridgehead atoms. The normalized spacial score (nSPS) is 34.9. The van der Waals surface area contributed by atoms with Crippen LogP contribution < -0.4 is 0 Å². The zero-order valence-corrected chi connectivity index (χ0v) is 9.64. The van der Waals surface area contributed by atoms with Crippen molar-refractivity contribution in [3.8, 4) is 0 Å². The average molecular weight is 198 g/mol. The van der Waals surface area contributed by atoms with E-state index in [9.17, 15) is 0 Å². The Balaban J connectivity index is 2.08. The molecule has 0 aromatic carbocycles. The first-order chi connectivity index (χ1) is 6.58. The lowest BCUT2D eigenvalue weighted by Gasteiger charge is -2.45. The first-order valence-corrected chi connectivity index (χ1v) is 5.86. The van der Waals surface area contributed by atoms with Gasteiger partial charge in [-0.3, -0.25) is 0 Å². The first kappa shape index (κ1) is 10.4. The van der Waals surface area contributed by atoms with E-state index in [1.54, 1.807) is 0 Å². The molecule has 1 atom stereocenters. The Hall–Kier alpha value is -0.0800. The number of rotatable bonds is 1. The maximum absolute atomic E-state index is 5.78. The van der Waals surface area contributed by atoms with Crippen molar-refractivity contribution >= 4 is 0 Å². The molecule has 0 N–H and O–H groups in total. The van der Waals surface area contributed by atoms with Crippen molar-refractivity contribution in [2.75, 3.05) is 13.2 Å². The molecule has 0 aromatic heterocycles. The van der Waals surface area contributed by atoms with Crippen LogP contribution in [0.3, 0.4) is 0 Å². The summed E-state index contributed by atoms with van der Waals surface area (Å²) in [7, 11) is 0. The van der Waals surface area contributed by atoms with Crippen LogP contribution in [0.4, 0.5) is 0 Å². The molecular formula is C12H22O2. The van der Waals surface area contributed by atoms with Crippen molar-refractivity contribution in [1.82, 2.24) is 0 Å². The third kappa shape index (κ3) is 1.70. The molecule has 1 spiro atoms. The number of ether oxygens (including phenoxy) is 2. The van der Waals surface area contributed by atoms with E-state index >= 15 is 0 Å². The number of hydrogen-bond donors (Lipinski definition) is 0. The monoisotopic (exact) mass is 198 g/mol. The molecule has 1 saturated heterocycles. The van der Waals surface area contributed by atoms with Gasteiger partial charge in [0, 0.05) is 12.8 Å². The Kier molecular flexibility index (Phi) is 2.61. The van der Waals surface area contributed by atoms with Crippen LogP contribution in [0, 0.1) is 11.3 Å². The maximum atomic E-state index is 5.78. The molecule has 2 nitrogen and oxygen atoms in total. The van der Waals surface area contributed by atoms with Gasteiger partial charge in [-0.25, -0.2) is 0 Å². The quantitative estimate of drug-likeness (QED) is 0.645. The van der Waals surface area contributed by atoms with E-state index in [-0.39, 0.29) is 5.79 Å². The Morgan fingerprint density at radius 1 is 1.14 bits per heavy atom. The highest BCUT2D eigenvalue weighted by atomic mass is 16.7. The third-order valence-corrected chi connectivity index (χ3v) is 4.12. The minimum atomic E-state index is -0.198. The summed E-state index contributed by atoms with van der Waals surface area (Å²) in [5.74, 6) is 0.547. The Morgan fingerprint density at radius 3 is 2.36 bits per heavy atom. The van der Waals surface area contributed by atoms with E-state index in [0.29, 0.717) is 5.41 Å². The van der Waals surface area contributed by atoms with Crippen LogP contribution in [0.2, 0.25) is 0 Å². The second-order valence-corrected chi connectivity index (χ2v) is 5.41. The van der Waals surface area contributed by atoms with Gasteiger partial charge >= 0.3 is 0 Å². The SMILES string of the molecule is CCC1CC2(CCC1(C)C)OCCO2. The Morgan fingerprint density at radius 2 is 1.79 bits per heavy atom. The van der Waals surface area contributed by atoms with Crippen LogP contribution in [0.1, 0.15) is 46.5 Å². The van der Waals surface area contributed by atoms with E-state index in [0.717, 1.165) is 32.0 Å². The fraction of sp³-hybridized carbons (Fsp3) is 1.00. The van der Waals surface area contributed by atoms with Crippen LogP contribution in [0.15, 0.2) is 0 Å². The molecule has 82 valence electrons. The van der Waals surface area contributed by atoms with Gasteiger partial charge in [-0.05, 0) is 17.8 Å². The van der Waals surface area contributed by atoms with Gasteiger partial charge in [0.25, 0.3) is 0 Å². The molecule has 1 aliphatic carbocycles. The van der Waals surface area contributed by atoms with E-state index in [1.165, 1.54) is 12.8 Å². The van der Waals surface area contributed by atoms with Crippen molar-refractivity contribution in [1.29, 1.82) is 0 Å². The van der Waals surface area contributed by atoms with Gasteiger partial charge in [-0.2, -0.15) is 0 Å². The van der Waals surface area contributed by atoms with Crippen LogP contribution >= 0.6 is 0 Å². The van der Waals surface area contributed by atoms with Crippen LogP contribution in [-0.4, -0.2) is 19.0 Å².